The molecule has 0 aromatic carbocycles. The molecule has 1 unspecified atom stereocenters. The Morgan fingerprint density at radius 3 is 0.579 bits per heavy atom. The smallest absolute Gasteiger partial charge is 0.408 e. The van der Waals surface area contributed by atoms with Gasteiger partial charge in [-0.25, -0.2) is 14.4 Å². The third kappa shape index (κ3) is 137. The van der Waals surface area contributed by atoms with Crippen LogP contribution < -0.4 is 37.2 Å². The zero-order valence-corrected chi connectivity index (χ0v) is 104. The molecule has 0 bridgehead atoms. The Labute approximate surface area is 841 Å². The van der Waals surface area contributed by atoms with Crippen LogP contribution in [0.4, 0.5) is 14.4 Å². The molecule has 1 aliphatic rings. The first-order valence-electron chi connectivity index (χ1n) is 47.5. The Bertz CT molecular complexity index is 2900. The number of hydrogen-bond donors (Lipinski definition) is 7. The molecule has 1 saturated heterocycles. The Kier molecular flexibility index (Phi) is 65.5. The monoisotopic (exact) mass is 1980 g/mol. The number of amides is 8. The summed E-state index contributed by atoms with van der Waals surface area (Å²) in [6.45, 7) is 144. The van der Waals surface area contributed by atoms with Crippen LogP contribution >= 0.6 is 45.1 Å². The average molecular weight is 1980 g/mol. The van der Waals surface area contributed by atoms with Gasteiger partial charge in [0.15, 0.2) is 0 Å². The molecule has 802 valence electrons. The lowest BCUT2D eigenvalue weighted by Crippen LogP contribution is -2.52. The topological polar surface area (TPSA) is 287 Å². The van der Waals surface area contributed by atoms with E-state index in [1.165, 1.54) is 4.90 Å². The second kappa shape index (κ2) is 57.3. The lowest BCUT2D eigenvalue weighted by molar-refractivity contribution is -0.165. The summed E-state index contributed by atoms with van der Waals surface area (Å²) in [5.41, 5.74) is -3.96. The van der Waals surface area contributed by atoms with Gasteiger partial charge in [-0.1, -0.05) is 167 Å². The van der Waals surface area contributed by atoms with Gasteiger partial charge >= 0.3 is 30.2 Å². The summed E-state index contributed by atoms with van der Waals surface area (Å²) in [6.07, 6.45) is -0.386. The minimum atomic E-state index is -0.421. The molecule has 8 amide bonds. The predicted octanol–water partition coefficient (Wildman–Crippen LogP) is 29.6. The highest BCUT2D eigenvalue weighted by Crippen LogP contribution is 2.43. The van der Waals surface area contributed by atoms with Gasteiger partial charge in [-0.05, 0) is 353 Å². The van der Waals surface area contributed by atoms with Crippen LogP contribution in [0.2, 0.25) is 0 Å². The summed E-state index contributed by atoms with van der Waals surface area (Å²) in [6, 6.07) is -0.116. The summed E-state index contributed by atoms with van der Waals surface area (Å²) in [5.74, 6) is -0.165. The fourth-order valence-electron chi connectivity index (χ4n) is 8.89. The zero-order valence-electron chi connectivity index (χ0n) is 101. The van der Waals surface area contributed by atoms with Gasteiger partial charge in [0.2, 0.25) is 23.6 Å². The summed E-state index contributed by atoms with van der Waals surface area (Å²) >= 11 is 3.60. The molecule has 7 N–H and O–H groups in total. The van der Waals surface area contributed by atoms with Crippen molar-refractivity contribution in [3.8, 4) is 0 Å². The van der Waals surface area contributed by atoms with Gasteiger partial charge in [0.25, 0.3) is 0 Å². The van der Waals surface area contributed by atoms with Crippen molar-refractivity contribution >= 4 is 98.9 Å². The molecular formula is C107H226N8O14S4. The van der Waals surface area contributed by atoms with E-state index in [-0.39, 0.29) is 141 Å². The fourth-order valence-corrected chi connectivity index (χ4v) is 14.0. The van der Waals surface area contributed by atoms with Crippen LogP contribution in [0.1, 0.15) is 505 Å². The maximum Gasteiger partial charge on any atom is 0.408 e. The number of imide groups is 1. The highest BCUT2D eigenvalue weighted by Gasteiger charge is 2.46. The fraction of sp³-hybridized carbons (Fsp3) is 0.916. The van der Waals surface area contributed by atoms with Gasteiger partial charge in [-0.3, -0.25) is 33.7 Å². The molecule has 1 heterocycles. The molecule has 22 nitrogen and oxygen atoms in total. The molecule has 26 heteroatoms. The molecule has 1 fully saturated rings. The zero-order chi connectivity index (χ0) is 111. The van der Waals surface area contributed by atoms with Crippen LogP contribution in [0.15, 0.2) is 0 Å². The number of carbonyl (C=O) groups excluding carboxylic acids is 9. The van der Waals surface area contributed by atoms with Crippen LogP contribution in [0.25, 0.3) is 0 Å². The first-order valence-corrected chi connectivity index (χ1v) is 51.4. The third-order valence-corrected chi connectivity index (χ3v) is 18.8. The molecular weight excluding hydrogens is 1750 g/mol. The van der Waals surface area contributed by atoms with Crippen LogP contribution in [0.3, 0.4) is 0 Å². The molecule has 1 rings (SSSR count). The number of carbonyl (C=O) groups is 9. The summed E-state index contributed by atoms with van der Waals surface area (Å²) in [5, 5.41) is 20.2. The van der Waals surface area contributed by atoms with E-state index < -0.39 is 27.6 Å². The third-order valence-electron chi connectivity index (χ3n) is 11.9. The number of nitrogens with zero attached hydrogens (tertiary/aromatic N) is 1. The normalized spacial score (nSPS) is 14.3. The maximum atomic E-state index is 12.1. The molecule has 133 heavy (non-hydrogen) atoms. The Morgan fingerprint density at radius 2 is 0.481 bits per heavy atom. The van der Waals surface area contributed by atoms with Crippen molar-refractivity contribution < 1.29 is 66.8 Å². The van der Waals surface area contributed by atoms with Gasteiger partial charge in [0.1, 0.15) is 22.4 Å². The minimum Gasteiger partial charge on any atom is -0.460 e. The van der Waals surface area contributed by atoms with Gasteiger partial charge in [0, 0.05) is 90.8 Å². The average Bonchev–Trinajstić information content (AvgIpc) is 1.64. The number of urea groups is 1. The Balaban J connectivity index is -0.000000136. The SMILES string of the molecule is CC(C)(C)NC(=O)C(C)(C)C.CC(C)(C)NC(=O)C(C)(C)C.CC(C)(C)NC(=O)NC(C)(C)C.CC(C)(C)NC(=O)OC(C)(C)C.CC(C)(C)NC(=O)OC(C)(C)C.CC(C)(C)NC(C)(C)C.CC(C)(C)OC(=O)C(C)(C)C.CC(C)(C)OC(=O)C(C)(C)C.CC(C)(C)OC(C)(C)C.CC(C)(C)SC(C)(C)C.CC(C)(C)SC1CC(=O)N(C(C)(C)C)C1=O.CC(C)(C)SSC(C)(C)C. The number of likely N-dealkylation sites (tertiary alicyclic amines) is 1. The minimum absolute atomic E-state index is 0.00843. The van der Waals surface area contributed by atoms with E-state index >= 15 is 0 Å². The molecule has 1 aliphatic heterocycles. The summed E-state index contributed by atoms with van der Waals surface area (Å²) in [4.78, 5) is 104. The molecule has 1 atom stereocenters. The number of nitrogens with one attached hydrogen (secondary N) is 7. The van der Waals surface area contributed by atoms with Crippen molar-refractivity contribution in [3.63, 3.8) is 0 Å². The molecule has 0 aliphatic carbocycles. The largest absolute Gasteiger partial charge is 0.460 e. The first-order chi connectivity index (χ1) is 56.2. The standard InChI is InChI=1S/C12H21NO2S.C9H20N2O.2C9H19NO2.2C9H19NO.2C9H18O2.C8H19N.C8H18O.C8H18S2.C8H18S/c1-11(2,3)13-9(14)7-8(10(13)15)16-12(4,5)6;1-8(2,3)10-7(12)11-9(4,5)6;2*1-8(2,3)10-7(11)12-9(4,5)6;2*1-8(2,3)7(11)10-9(4,5)6;2*1-8(2,3)7(10)11-9(4,5)6;2*1-7(2,3)9-8(4,5)6;1-7(2,3)9-10-8(4,5)6;1-7(2,3)9-8(4,5)6/h8H,7H2,1-6H3;1-6H3,(H2,10,11,12);2*1-6H3,(H,10,11);2*1-6H3,(H,10,11);2*1-6H3;9H,1-6H3;1-6H3;1-6H3;1-6H3. The van der Waals surface area contributed by atoms with Crippen molar-refractivity contribution in [2.75, 3.05) is 0 Å². The number of rotatable bonds is 2. The number of ether oxygens (including phenoxy) is 5. The van der Waals surface area contributed by atoms with Crippen molar-refractivity contribution in [2.24, 2.45) is 21.7 Å². The molecule has 0 spiro atoms. The lowest BCUT2D eigenvalue weighted by Gasteiger charge is -2.31. The van der Waals surface area contributed by atoms with Crippen LogP contribution in [-0.4, -0.2) is 171 Å². The van der Waals surface area contributed by atoms with Crippen LogP contribution in [0.5, 0.6) is 0 Å². The van der Waals surface area contributed by atoms with E-state index in [0.29, 0.717) is 25.4 Å². The van der Waals surface area contributed by atoms with Crippen molar-refractivity contribution in [3.05, 3.63) is 0 Å². The number of hydrogen-bond acceptors (Lipinski definition) is 19. The molecule has 0 saturated carbocycles. The van der Waals surface area contributed by atoms with Crippen molar-refractivity contribution in [1.29, 1.82) is 0 Å². The molecule has 0 aromatic heterocycles. The first kappa shape index (κ1) is 152. The van der Waals surface area contributed by atoms with Gasteiger partial charge in [0.05, 0.1) is 27.3 Å². The van der Waals surface area contributed by atoms with E-state index in [1.54, 1.807) is 11.8 Å². The Morgan fingerprint density at radius 1 is 0.263 bits per heavy atom. The quantitative estimate of drug-likeness (QED) is 0.0585. The second-order valence-corrected chi connectivity index (χ2v) is 66.5. The second-order valence-electron chi connectivity index (χ2n) is 58.1. The predicted molar refractivity (Wildman–Crippen MR) is 587 cm³/mol. The lowest BCUT2D eigenvalue weighted by atomic mass is 9.94. The van der Waals surface area contributed by atoms with Gasteiger partial charge < -0.3 is 60.9 Å². The van der Waals surface area contributed by atoms with Crippen LogP contribution in [-0.2, 0) is 52.5 Å². The van der Waals surface area contributed by atoms with E-state index in [2.05, 4.69) is 224 Å². The highest BCUT2D eigenvalue weighted by atomic mass is 33.1. The molecule has 0 radical (unpaired) electrons. The maximum absolute atomic E-state index is 12.1. The van der Waals surface area contributed by atoms with E-state index in [9.17, 15) is 43.2 Å². The summed E-state index contributed by atoms with van der Waals surface area (Å²) in [7, 11) is 3.91. The van der Waals surface area contributed by atoms with Crippen molar-refractivity contribution in [2.45, 2.75) is 617 Å². The highest BCUT2D eigenvalue weighted by molar-refractivity contribution is 8.77. The number of thioether (sulfide) groups is 2. The van der Waals surface area contributed by atoms with Crippen LogP contribution in [0, 0.1) is 21.7 Å². The van der Waals surface area contributed by atoms with E-state index in [1.807, 2.05) is 345 Å². The van der Waals surface area contributed by atoms with E-state index in [4.69, 9.17) is 23.7 Å². The van der Waals surface area contributed by atoms with Gasteiger partial charge in [-0.15, -0.1) is 11.8 Å². The van der Waals surface area contributed by atoms with E-state index in [0.717, 1.165) is 0 Å². The Hall–Kier alpha value is -3.85. The van der Waals surface area contributed by atoms with Crippen molar-refractivity contribution in [1.82, 2.24) is 42.1 Å². The number of esters is 2. The molecule has 0 aromatic rings. The summed E-state index contributed by atoms with van der Waals surface area (Å²) < 4.78 is 27.7. The van der Waals surface area contributed by atoms with Gasteiger partial charge in [-0.2, -0.15) is 11.8 Å². The number of alkyl carbamates (subject to hydrolysis) is 2.